The quantitative estimate of drug-likeness (QED) is 0.229. The Hall–Kier alpha value is -3.66. The standard InChI is InChI=1S/C29H29N3O4S2/c1-3-19-32(20-4-2)38(35,36)24-17-15-23(16-18-24)28(34)31-29-30-25(21-11-7-5-8-12-21)27(37-29)26(33)22-13-9-6-10-14-22/h5-18H,3-4,19-20H2,1-2H3,(H,30,31,34). The molecule has 7 nitrogen and oxygen atoms in total. The number of carbonyl (C=O) groups excluding carboxylic acids is 2. The summed E-state index contributed by atoms with van der Waals surface area (Å²) < 4.78 is 27.5. The Bertz CT molecular complexity index is 1490. The van der Waals surface area contributed by atoms with Gasteiger partial charge in [-0.1, -0.05) is 85.8 Å². The van der Waals surface area contributed by atoms with Crippen LogP contribution in [0.5, 0.6) is 0 Å². The molecule has 0 aliphatic heterocycles. The van der Waals surface area contributed by atoms with Gasteiger partial charge in [0.2, 0.25) is 15.8 Å². The Morgan fingerprint density at radius 2 is 1.39 bits per heavy atom. The van der Waals surface area contributed by atoms with Crippen molar-refractivity contribution in [1.29, 1.82) is 0 Å². The number of benzene rings is 3. The van der Waals surface area contributed by atoms with Crippen molar-refractivity contribution in [3.63, 3.8) is 0 Å². The van der Waals surface area contributed by atoms with Crippen molar-refractivity contribution in [1.82, 2.24) is 9.29 Å². The second-order valence-electron chi connectivity index (χ2n) is 8.64. The number of thiazole rings is 1. The molecule has 0 aliphatic carbocycles. The van der Waals surface area contributed by atoms with Gasteiger partial charge in [0.15, 0.2) is 5.13 Å². The van der Waals surface area contributed by atoms with E-state index in [0.29, 0.717) is 42.1 Å². The van der Waals surface area contributed by atoms with E-state index >= 15 is 0 Å². The van der Waals surface area contributed by atoms with Crippen molar-refractivity contribution in [3.05, 3.63) is 101 Å². The zero-order valence-electron chi connectivity index (χ0n) is 21.3. The number of sulfonamides is 1. The lowest BCUT2D eigenvalue weighted by Gasteiger charge is -2.21. The van der Waals surface area contributed by atoms with Crippen LogP contribution in [-0.4, -0.2) is 42.5 Å². The summed E-state index contributed by atoms with van der Waals surface area (Å²) in [6.07, 6.45) is 1.43. The fourth-order valence-electron chi connectivity index (χ4n) is 3.99. The lowest BCUT2D eigenvalue weighted by molar-refractivity contribution is 0.102. The normalized spacial score (nSPS) is 11.4. The summed E-state index contributed by atoms with van der Waals surface area (Å²) in [4.78, 5) is 31.5. The number of rotatable bonds is 11. The molecule has 0 spiro atoms. The number of amides is 1. The van der Waals surface area contributed by atoms with Crippen LogP contribution >= 0.6 is 11.3 Å². The van der Waals surface area contributed by atoms with Gasteiger partial charge in [-0.15, -0.1) is 0 Å². The Balaban J connectivity index is 1.59. The van der Waals surface area contributed by atoms with E-state index < -0.39 is 15.9 Å². The molecular formula is C29H29N3O4S2. The number of ketones is 1. The molecule has 0 aliphatic rings. The fourth-order valence-corrected chi connectivity index (χ4v) is 6.56. The monoisotopic (exact) mass is 547 g/mol. The lowest BCUT2D eigenvalue weighted by atomic mass is 10.1. The lowest BCUT2D eigenvalue weighted by Crippen LogP contribution is -2.32. The van der Waals surface area contributed by atoms with Gasteiger partial charge in [-0.25, -0.2) is 13.4 Å². The molecule has 0 saturated carbocycles. The summed E-state index contributed by atoms with van der Waals surface area (Å²) in [6.45, 7) is 4.75. The molecule has 0 saturated heterocycles. The molecule has 4 aromatic rings. The van der Waals surface area contributed by atoms with Crippen LogP contribution in [0.25, 0.3) is 11.3 Å². The highest BCUT2D eigenvalue weighted by Crippen LogP contribution is 2.33. The van der Waals surface area contributed by atoms with E-state index in [2.05, 4.69) is 10.3 Å². The summed E-state index contributed by atoms with van der Waals surface area (Å²) in [7, 11) is -3.64. The summed E-state index contributed by atoms with van der Waals surface area (Å²) in [6, 6.07) is 24.1. The molecule has 4 rings (SSSR count). The molecule has 0 fully saturated rings. The van der Waals surface area contributed by atoms with E-state index in [-0.39, 0.29) is 21.4 Å². The highest BCUT2D eigenvalue weighted by atomic mass is 32.2. The van der Waals surface area contributed by atoms with E-state index in [1.54, 1.807) is 24.3 Å². The van der Waals surface area contributed by atoms with Crippen LogP contribution < -0.4 is 5.32 Å². The molecule has 38 heavy (non-hydrogen) atoms. The van der Waals surface area contributed by atoms with E-state index in [0.717, 1.165) is 16.9 Å². The van der Waals surface area contributed by atoms with Crippen molar-refractivity contribution in [3.8, 4) is 11.3 Å². The van der Waals surface area contributed by atoms with E-state index in [9.17, 15) is 18.0 Å². The first-order chi connectivity index (χ1) is 18.3. The van der Waals surface area contributed by atoms with Gasteiger partial charge >= 0.3 is 0 Å². The Morgan fingerprint density at radius 1 is 0.816 bits per heavy atom. The number of hydrogen-bond acceptors (Lipinski definition) is 6. The van der Waals surface area contributed by atoms with Crippen LogP contribution in [-0.2, 0) is 10.0 Å². The van der Waals surface area contributed by atoms with Gasteiger partial charge in [0, 0.05) is 29.8 Å². The van der Waals surface area contributed by atoms with Crippen molar-refractivity contribution in [2.75, 3.05) is 18.4 Å². The van der Waals surface area contributed by atoms with Crippen LogP contribution in [0.4, 0.5) is 5.13 Å². The fraction of sp³-hybridized carbons (Fsp3) is 0.207. The molecule has 1 aromatic heterocycles. The Kier molecular flexibility index (Phi) is 8.83. The predicted molar refractivity (Wildman–Crippen MR) is 151 cm³/mol. The molecule has 1 heterocycles. The van der Waals surface area contributed by atoms with Crippen LogP contribution in [0.3, 0.4) is 0 Å². The average molecular weight is 548 g/mol. The van der Waals surface area contributed by atoms with Gasteiger partial charge in [0.25, 0.3) is 5.91 Å². The number of nitrogens with zero attached hydrogens (tertiary/aromatic N) is 2. The molecule has 1 amide bonds. The minimum Gasteiger partial charge on any atom is -0.298 e. The third-order valence-corrected chi connectivity index (χ3v) is 8.72. The van der Waals surface area contributed by atoms with Crippen molar-refractivity contribution >= 4 is 38.2 Å². The average Bonchev–Trinajstić information content (AvgIpc) is 3.37. The molecule has 0 radical (unpaired) electrons. The van der Waals surface area contributed by atoms with Gasteiger partial charge in [0.05, 0.1) is 10.6 Å². The summed E-state index contributed by atoms with van der Waals surface area (Å²) in [5.41, 5.74) is 2.08. The Morgan fingerprint density at radius 3 is 1.97 bits per heavy atom. The van der Waals surface area contributed by atoms with Gasteiger partial charge in [0.1, 0.15) is 4.88 Å². The topological polar surface area (TPSA) is 96.4 Å². The van der Waals surface area contributed by atoms with E-state index in [4.69, 9.17) is 0 Å². The third-order valence-electron chi connectivity index (χ3n) is 5.84. The maximum Gasteiger partial charge on any atom is 0.257 e. The van der Waals surface area contributed by atoms with Crippen molar-refractivity contribution in [2.45, 2.75) is 31.6 Å². The first-order valence-electron chi connectivity index (χ1n) is 12.4. The van der Waals surface area contributed by atoms with Crippen LogP contribution in [0.2, 0.25) is 0 Å². The van der Waals surface area contributed by atoms with Gasteiger partial charge in [-0.2, -0.15) is 4.31 Å². The van der Waals surface area contributed by atoms with Gasteiger partial charge < -0.3 is 0 Å². The number of hydrogen-bond donors (Lipinski definition) is 1. The summed E-state index contributed by atoms with van der Waals surface area (Å²) >= 11 is 1.11. The molecule has 9 heteroatoms. The molecule has 0 unspecified atom stereocenters. The maximum atomic E-state index is 13.3. The number of nitrogens with one attached hydrogen (secondary N) is 1. The zero-order chi connectivity index (χ0) is 27.1. The minimum absolute atomic E-state index is 0.146. The zero-order valence-corrected chi connectivity index (χ0v) is 22.9. The molecule has 1 N–H and O–H groups in total. The number of anilines is 1. The first kappa shape index (κ1) is 27.4. The van der Waals surface area contributed by atoms with Crippen LogP contribution in [0.1, 0.15) is 52.3 Å². The Labute approximate surface area is 227 Å². The predicted octanol–water partition coefficient (Wildman–Crippen LogP) is 6.10. The maximum absolute atomic E-state index is 13.3. The number of aromatic nitrogens is 1. The van der Waals surface area contributed by atoms with Gasteiger partial charge in [-0.3, -0.25) is 14.9 Å². The second-order valence-corrected chi connectivity index (χ2v) is 11.6. The van der Waals surface area contributed by atoms with Crippen molar-refractivity contribution in [2.24, 2.45) is 0 Å². The minimum atomic E-state index is -3.64. The van der Waals surface area contributed by atoms with Crippen molar-refractivity contribution < 1.29 is 18.0 Å². The molecule has 3 aromatic carbocycles. The molecule has 196 valence electrons. The van der Waals surface area contributed by atoms with E-state index in [1.807, 2.05) is 50.2 Å². The molecule has 0 bridgehead atoms. The summed E-state index contributed by atoms with van der Waals surface area (Å²) in [5, 5.41) is 3.05. The smallest absolute Gasteiger partial charge is 0.257 e. The van der Waals surface area contributed by atoms with Crippen LogP contribution in [0, 0.1) is 0 Å². The highest BCUT2D eigenvalue weighted by molar-refractivity contribution is 7.89. The molecular weight excluding hydrogens is 518 g/mol. The largest absolute Gasteiger partial charge is 0.298 e. The van der Waals surface area contributed by atoms with Crippen LogP contribution in [0.15, 0.2) is 89.8 Å². The number of carbonyl (C=O) groups is 2. The highest BCUT2D eigenvalue weighted by Gasteiger charge is 2.24. The third kappa shape index (κ3) is 6.07. The first-order valence-corrected chi connectivity index (χ1v) is 14.7. The molecule has 0 atom stereocenters. The summed E-state index contributed by atoms with van der Waals surface area (Å²) in [5.74, 6) is -0.624. The van der Waals surface area contributed by atoms with Gasteiger partial charge in [-0.05, 0) is 37.1 Å². The second kappa shape index (κ2) is 12.3. The SMILES string of the molecule is CCCN(CCC)S(=O)(=O)c1ccc(C(=O)Nc2nc(-c3ccccc3)c(C(=O)c3ccccc3)s2)cc1. The van der Waals surface area contributed by atoms with E-state index in [1.165, 1.54) is 28.6 Å².